The van der Waals surface area contributed by atoms with Crippen molar-refractivity contribution in [3.8, 4) is 0 Å². The third-order valence-electron chi connectivity index (χ3n) is 4.44. The Labute approximate surface area is 172 Å². The largest absolute Gasteiger partial charge is 0.363 e. The van der Waals surface area contributed by atoms with Gasteiger partial charge in [0.1, 0.15) is 17.5 Å². The van der Waals surface area contributed by atoms with Gasteiger partial charge in [-0.2, -0.15) is 0 Å². The second-order valence-corrected chi connectivity index (χ2v) is 7.14. The first-order chi connectivity index (χ1) is 14.0. The smallest absolute Gasteiger partial charge is 0.224 e. The highest BCUT2D eigenvalue weighted by Crippen LogP contribution is 2.20. The number of hydrogen-bond acceptors (Lipinski definition) is 5. The quantitative estimate of drug-likeness (QED) is 0.591. The highest BCUT2D eigenvalue weighted by Gasteiger charge is 2.06. The van der Waals surface area contributed by atoms with Crippen LogP contribution in [0.5, 0.6) is 0 Å². The molecule has 0 atom stereocenters. The van der Waals surface area contributed by atoms with E-state index in [-0.39, 0.29) is 5.91 Å². The van der Waals surface area contributed by atoms with Gasteiger partial charge in [-0.1, -0.05) is 30.3 Å². The average Bonchev–Trinajstić information content (AvgIpc) is 2.70. The fourth-order valence-electron chi connectivity index (χ4n) is 2.95. The van der Waals surface area contributed by atoms with Gasteiger partial charge in [0.05, 0.1) is 0 Å². The van der Waals surface area contributed by atoms with E-state index < -0.39 is 0 Å². The predicted octanol–water partition coefficient (Wildman–Crippen LogP) is 4.56. The van der Waals surface area contributed by atoms with Crippen LogP contribution in [0.1, 0.15) is 24.2 Å². The number of carbonyl (C=O) groups excluding carboxylic acids is 1. The third-order valence-corrected chi connectivity index (χ3v) is 4.44. The van der Waals surface area contributed by atoms with Gasteiger partial charge in [0, 0.05) is 38.0 Å². The lowest BCUT2D eigenvalue weighted by Crippen LogP contribution is -2.12. The minimum atomic E-state index is 0.0312. The zero-order valence-electron chi connectivity index (χ0n) is 17.1. The molecule has 0 bridgehead atoms. The minimum Gasteiger partial charge on any atom is -0.363 e. The second-order valence-electron chi connectivity index (χ2n) is 7.14. The van der Waals surface area contributed by atoms with Crippen LogP contribution in [-0.4, -0.2) is 30.0 Å². The molecule has 1 aromatic heterocycles. The molecule has 6 heteroatoms. The summed E-state index contributed by atoms with van der Waals surface area (Å²) in [5, 5.41) is 6.24. The molecular formula is C23H27N5O. The summed E-state index contributed by atoms with van der Waals surface area (Å²) in [7, 11) is 3.89. The zero-order valence-corrected chi connectivity index (χ0v) is 17.1. The maximum Gasteiger partial charge on any atom is 0.224 e. The van der Waals surface area contributed by atoms with Crippen molar-refractivity contribution in [1.82, 2.24) is 9.97 Å². The molecule has 3 aromatic rings. The Kier molecular flexibility index (Phi) is 6.79. The van der Waals surface area contributed by atoms with Crippen molar-refractivity contribution < 1.29 is 4.79 Å². The van der Waals surface area contributed by atoms with Crippen LogP contribution < -0.4 is 15.5 Å². The number of amides is 1. The SMILES string of the molecule is Cc1nc(Nc2ccc(NC(=O)CCCc3ccccc3)cc2)cc(N(C)C)n1. The summed E-state index contributed by atoms with van der Waals surface area (Å²) >= 11 is 0. The molecule has 6 nitrogen and oxygen atoms in total. The highest BCUT2D eigenvalue weighted by molar-refractivity contribution is 5.90. The average molecular weight is 390 g/mol. The van der Waals surface area contributed by atoms with E-state index in [0.717, 1.165) is 35.9 Å². The van der Waals surface area contributed by atoms with Gasteiger partial charge in [0.25, 0.3) is 0 Å². The zero-order chi connectivity index (χ0) is 20.6. The van der Waals surface area contributed by atoms with Gasteiger partial charge in [0.15, 0.2) is 0 Å². The van der Waals surface area contributed by atoms with E-state index >= 15 is 0 Å². The number of nitrogens with one attached hydrogen (secondary N) is 2. The molecule has 0 saturated heterocycles. The van der Waals surface area contributed by atoms with E-state index in [1.165, 1.54) is 5.56 Å². The maximum absolute atomic E-state index is 12.2. The van der Waals surface area contributed by atoms with Gasteiger partial charge < -0.3 is 15.5 Å². The summed E-state index contributed by atoms with van der Waals surface area (Å²) in [5.74, 6) is 2.32. The number of nitrogens with zero attached hydrogens (tertiary/aromatic N) is 3. The lowest BCUT2D eigenvalue weighted by atomic mass is 10.1. The summed E-state index contributed by atoms with van der Waals surface area (Å²) in [6.45, 7) is 1.87. The maximum atomic E-state index is 12.2. The molecule has 0 aliphatic heterocycles. The Morgan fingerprint density at radius 2 is 1.66 bits per heavy atom. The van der Waals surface area contributed by atoms with Crippen molar-refractivity contribution in [1.29, 1.82) is 0 Å². The predicted molar refractivity (Wildman–Crippen MR) is 119 cm³/mol. The molecule has 0 fully saturated rings. The van der Waals surface area contributed by atoms with Crippen LogP contribution in [0.15, 0.2) is 60.7 Å². The van der Waals surface area contributed by atoms with Crippen LogP contribution >= 0.6 is 0 Å². The Balaban J connectivity index is 1.51. The Bertz CT molecular complexity index is 939. The number of anilines is 4. The molecule has 2 N–H and O–H groups in total. The van der Waals surface area contributed by atoms with E-state index in [0.29, 0.717) is 12.2 Å². The Hall–Kier alpha value is -3.41. The molecule has 0 saturated carbocycles. The molecule has 150 valence electrons. The van der Waals surface area contributed by atoms with Crippen molar-refractivity contribution in [2.24, 2.45) is 0 Å². The normalized spacial score (nSPS) is 10.4. The fraction of sp³-hybridized carbons (Fsp3) is 0.261. The van der Waals surface area contributed by atoms with Crippen LogP contribution in [0.3, 0.4) is 0 Å². The fourth-order valence-corrected chi connectivity index (χ4v) is 2.95. The van der Waals surface area contributed by atoms with Crippen molar-refractivity contribution in [2.75, 3.05) is 29.6 Å². The summed E-state index contributed by atoms with van der Waals surface area (Å²) in [4.78, 5) is 22.9. The van der Waals surface area contributed by atoms with Crippen molar-refractivity contribution >= 4 is 28.9 Å². The van der Waals surface area contributed by atoms with Crippen molar-refractivity contribution in [3.05, 3.63) is 72.1 Å². The summed E-state index contributed by atoms with van der Waals surface area (Å²) in [6.07, 6.45) is 2.24. The van der Waals surface area contributed by atoms with Gasteiger partial charge >= 0.3 is 0 Å². The number of aromatic nitrogens is 2. The van der Waals surface area contributed by atoms with E-state index in [1.54, 1.807) is 0 Å². The number of hydrogen-bond donors (Lipinski definition) is 2. The van der Waals surface area contributed by atoms with Crippen LogP contribution in [0.4, 0.5) is 23.0 Å². The topological polar surface area (TPSA) is 70.2 Å². The second kappa shape index (κ2) is 9.68. The summed E-state index contributed by atoms with van der Waals surface area (Å²) in [6, 6.07) is 19.7. The number of benzene rings is 2. The Morgan fingerprint density at radius 3 is 2.34 bits per heavy atom. The number of rotatable bonds is 8. The first kappa shape index (κ1) is 20.3. The van der Waals surface area contributed by atoms with E-state index in [1.807, 2.05) is 74.4 Å². The van der Waals surface area contributed by atoms with Crippen molar-refractivity contribution in [3.63, 3.8) is 0 Å². The first-order valence-electron chi connectivity index (χ1n) is 9.73. The van der Waals surface area contributed by atoms with Gasteiger partial charge in [-0.15, -0.1) is 0 Å². The third kappa shape index (κ3) is 6.31. The lowest BCUT2D eigenvalue weighted by Gasteiger charge is -2.14. The molecule has 2 aromatic carbocycles. The van der Waals surface area contributed by atoms with Gasteiger partial charge in [0.2, 0.25) is 5.91 Å². The molecule has 0 aliphatic carbocycles. The minimum absolute atomic E-state index is 0.0312. The summed E-state index contributed by atoms with van der Waals surface area (Å²) < 4.78 is 0. The van der Waals surface area contributed by atoms with E-state index in [2.05, 4.69) is 32.7 Å². The van der Waals surface area contributed by atoms with Crippen LogP contribution in [0.25, 0.3) is 0 Å². The molecule has 0 aliphatic rings. The van der Waals surface area contributed by atoms with Gasteiger partial charge in [-0.05, 0) is 49.6 Å². The first-order valence-corrected chi connectivity index (χ1v) is 9.73. The van der Waals surface area contributed by atoms with E-state index in [9.17, 15) is 4.79 Å². The monoisotopic (exact) mass is 389 g/mol. The Morgan fingerprint density at radius 1 is 0.966 bits per heavy atom. The number of carbonyl (C=O) groups is 1. The molecule has 1 heterocycles. The molecule has 0 spiro atoms. The van der Waals surface area contributed by atoms with Crippen LogP contribution in [0.2, 0.25) is 0 Å². The summed E-state index contributed by atoms with van der Waals surface area (Å²) in [5.41, 5.74) is 2.94. The van der Waals surface area contributed by atoms with E-state index in [4.69, 9.17) is 0 Å². The van der Waals surface area contributed by atoms with Crippen LogP contribution in [0, 0.1) is 6.92 Å². The molecule has 0 unspecified atom stereocenters. The molecule has 1 amide bonds. The van der Waals surface area contributed by atoms with Gasteiger partial charge in [-0.25, -0.2) is 9.97 Å². The molecule has 0 radical (unpaired) electrons. The van der Waals surface area contributed by atoms with Crippen molar-refractivity contribution in [2.45, 2.75) is 26.2 Å². The molecule has 29 heavy (non-hydrogen) atoms. The molecule has 3 rings (SSSR count). The van der Waals surface area contributed by atoms with Gasteiger partial charge in [-0.3, -0.25) is 4.79 Å². The molecular weight excluding hydrogens is 362 g/mol. The number of aryl methyl sites for hydroxylation is 2. The van der Waals surface area contributed by atoms with Crippen LogP contribution in [-0.2, 0) is 11.2 Å². The lowest BCUT2D eigenvalue weighted by molar-refractivity contribution is -0.116. The standard InChI is InChI=1S/C23H27N5O/c1-17-24-21(16-22(25-17)28(2)3)26-19-12-14-20(15-13-19)27-23(29)11-7-10-18-8-5-4-6-9-18/h4-6,8-9,12-16H,7,10-11H2,1-3H3,(H,27,29)(H,24,25,26). The highest BCUT2D eigenvalue weighted by atomic mass is 16.1.